The minimum atomic E-state index is -4.58. The van der Waals surface area contributed by atoms with E-state index in [2.05, 4.69) is 20.3 Å². The standard InChI is InChI=1S/C29H27N3O5.C27H29F3N4O4.C25H24F3N3O4/c1-2-36-28(34)29(16-24(29)27(33)32-35)15-19-9-11-22(12-10-19)37-18-21-14-26(20-6-5-13-30-17-20)31-25-8-4-3-7-23(21)25;1-34(2)12-11-31-25(36)26(15-21(26)24(35)33-37)14-17-7-9-19(10-8-17)38-16-18-13-23(27(28,29)30)32-22-6-4-3-5-20(18)22;1-31(2)23(33)24(13-19(24)22(32)30-34)12-15-7-9-17(10-8-15)35-14-16-11-21(25(26,27)28)29-20-6-4-3-5-18(16)20/h3-14,17,24,35H,2,15-16,18H2,1H3,(H,32,33);3-10,13,21,37H,11-12,14-16H2,1-2H3,(H,31,36)(H,33,35);3-11,19,34H,12-14H2,1-2H3,(H,30,32)/t24-,29+;21-,26+;19-,24+/m111/s1. The number of hydroxylamine groups is 3. The van der Waals surface area contributed by atoms with Gasteiger partial charge in [-0.15, -0.1) is 0 Å². The molecule has 7 N–H and O–H groups in total. The molecule has 0 radical (unpaired) electrons. The molecule has 0 spiro atoms. The van der Waals surface area contributed by atoms with E-state index >= 15 is 0 Å². The summed E-state index contributed by atoms with van der Waals surface area (Å²) in [5, 5.41) is 32.1. The van der Waals surface area contributed by atoms with E-state index in [9.17, 15) is 55.1 Å². The van der Waals surface area contributed by atoms with Crippen molar-refractivity contribution in [1.82, 2.24) is 51.5 Å². The molecule has 4 aromatic heterocycles. The molecule has 29 heteroatoms. The molecule has 0 aliphatic heterocycles. The molecule has 10 aromatic rings. The summed E-state index contributed by atoms with van der Waals surface area (Å²) in [5.74, 6) is -2.95. The second-order valence-electron chi connectivity index (χ2n) is 27.8. The summed E-state index contributed by atoms with van der Waals surface area (Å²) in [6.07, 6.45) is -3.74. The van der Waals surface area contributed by atoms with Gasteiger partial charge >= 0.3 is 18.3 Å². The first-order valence-electron chi connectivity index (χ1n) is 35.1. The second-order valence-corrected chi connectivity index (χ2v) is 27.8. The number of fused-ring (bicyclic) bond motifs is 3. The molecule has 0 unspecified atom stereocenters. The quantitative estimate of drug-likeness (QED) is 0.0115. The summed E-state index contributed by atoms with van der Waals surface area (Å²) in [6.45, 7) is 3.19. The number of para-hydroxylation sites is 3. The van der Waals surface area contributed by atoms with Crippen LogP contribution in [0.1, 0.15) is 71.0 Å². The van der Waals surface area contributed by atoms with Crippen LogP contribution in [0.15, 0.2) is 188 Å². The first kappa shape index (κ1) is 79.4. The zero-order chi connectivity index (χ0) is 78.7. The van der Waals surface area contributed by atoms with E-state index < -0.39 is 81.4 Å². The second kappa shape index (κ2) is 33.9. The normalized spacial score (nSPS) is 18.8. The maximum absolute atomic E-state index is 13.3. The molecule has 3 saturated carbocycles. The number of rotatable bonds is 26. The van der Waals surface area contributed by atoms with Gasteiger partial charge in [0, 0.05) is 78.0 Å². The molecule has 3 aliphatic carbocycles. The fourth-order valence-electron chi connectivity index (χ4n) is 13.7. The van der Waals surface area contributed by atoms with E-state index in [-0.39, 0.29) is 49.1 Å². The number of nitrogens with zero attached hydrogens (tertiary/aromatic N) is 6. The predicted octanol–water partition coefficient (Wildman–Crippen LogP) is 12.0. The van der Waals surface area contributed by atoms with Crippen molar-refractivity contribution in [2.75, 3.05) is 47.9 Å². The van der Waals surface area contributed by atoms with Crippen molar-refractivity contribution in [3.8, 4) is 28.5 Å². The van der Waals surface area contributed by atoms with E-state index in [0.29, 0.717) is 90.9 Å². The van der Waals surface area contributed by atoms with Crippen LogP contribution in [0.25, 0.3) is 44.0 Å². The highest BCUT2D eigenvalue weighted by Gasteiger charge is 2.66. The lowest BCUT2D eigenvalue weighted by Gasteiger charge is -2.21. The molecular weight excluding hydrogens is 1430 g/mol. The topological polar surface area (TPSA) is 306 Å². The van der Waals surface area contributed by atoms with Crippen molar-refractivity contribution >= 4 is 68.2 Å². The molecule has 13 rings (SSSR count). The molecular formula is C81H80F6N10O13. The Morgan fingerprint density at radius 1 is 0.500 bits per heavy atom. The maximum atomic E-state index is 13.3. The Morgan fingerprint density at radius 3 is 1.30 bits per heavy atom. The molecule has 0 saturated heterocycles. The van der Waals surface area contributed by atoms with Crippen LogP contribution in [0.5, 0.6) is 17.2 Å². The van der Waals surface area contributed by atoms with Crippen molar-refractivity contribution < 1.29 is 89.7 Å². The van der Waals surface area contributed by atoms with Gasteiger partial charge in [-0.2, -0.15) is 26.3 Å². The largest absolute Gasteiger partial charge is 0.489 e. The summed E-state index contributed by atoms with van der Waals surface area (Å²) in [4.78, 5) is 94.1. The minimum absolute atomic E-state index is 0.0900. The Balaban J connectivity index is 0.000000164. The zero-order valence-corrected chi connectivity index (χ0v) is 60.5. The fourth-order valence-corrected chi connectivity index (χ4v) is 13.7. The molecule has 6 aromatic carbocycles. The molecule has 4 heterocycles. The minimum Gasteiger partial charge on any atom is -0.489 e. The number of carbonyl (C=O) groups excluding carboxylic acids is 6. The van der Waals surface area contributed by atoms with Crippen molar-refractivity contribution in [2.24, 2.45) is 34.0 Å². The number of pyridine rings is 4. The van der Waals surface area contributed by atoms with Crippen LogP contribution in [0.2, 0.25) is 0 Å². The van der Waals surface area contributed by atoms with Gasteiger partial charge in [-0.3, -0.25) is 49.4 Å². The lowest BCUT2D eigenvalue weighted by atomic mass is 9.92. The summed E-state index contributed by atoms with van der Waals surface area (Å²) in [7, 11) is 6.99. The Bertz CT molecular complexity index is 4990. The monoisotopic (exact) mass is 1510 g/mol. The van der Waals surface area contributed by atoms with Crippen molar-refractivity contribution in [3.05, 3.63) is 233 Å². The SMILES string of the molecule is CCOC(=O)[C@@]1(Cc2ccc(OCc3cc(-c4cccnc4)nc4ccccc34)cc2)C[C@@H]1C(=O)NO.CN(C)C(=O)[C@@]1(Cc2ccc(OCc3cc(C(F)(F)F)nc4ccccc34)cc2)C[C@@H]1C(=O)NO.CN(C)CCNC(=O)[C@@]1(Cc2ccc(OCc3cc(C(F)(F)F)nc4ccccc34)cc2)C[C@@H]1C(=O)NO. The van der Waals surface area contributed by atoms with E-state index in [1.807, 2.05) is 85.7 Å². The lowest BCUT2D eigenvalue weighted by molar-refractivity contribution is -0.152. The van der Waals surface area contributed by atoms with Crippen LogP contribution >= 0.6 is 0 Å². The van der Waals surface area contributed by atoms with Crippen molar-refractivity contribution in [3.63, 3.8) is 0 Å². The van der Waals surface area contributed by atoms with Crippen LogP contribution in [0, 0.1) is 34.0 Å². The van der Waals surface area contributed by atoms with Crippen LogP contribution in [0.3, 0.4) is 0 Å². The number of likely N-dealkylation sites (N-methyl/N-ethyl adjacent to an activating group) is 1. The number of ether oxygens (including phenoxy) is 4. The van der Waals surface area contributed by atoms with Gasteiger partial charge in [0.1, 0.15) is 48.5 Å². The number of hydrogen-bond acceptors (Lipinski definition) is 18. The smallest absolute Gasteiger partial charge is 0.433 e. The van der Waals surface area contributed by atoms with Crippen LogP contribution in [-0.2, 0) is 84.9 Å². The van der Waals surface area contributed by atoms with E-state index in [1.54, 1.807) is 135 Å². The third-order valence-corrected chi connectivity index (χ3v) is 19.8. The Hall–Kier alpha value is -11.7. The van der Waals surface area contributed by atoms with Crippen LogP contribution in [-0.4, -0.2) is 129 Å². The van der Waals surface area contributed by atoms with Gasteiger partial charge in [0.25, 0.3) is 0 Å². The number of carbonyl (C=O) groups is 6. The van der Waals surface area contributed by atoms with Gasteiger partial charge in [-0.05, 0) is 161 Å². The van der Waals surface area contributed by atoms with Crippen LogP contribution < -0.4 is 36.0 Å². The fraction of sp³-hybridized carbons (Fsp3) is 0.309. The average Bonchev–Trinajstić information content (AvgIpc) is 1.58. The molecule has 5 amide bonds. The summed E-state index contributed by atoms with van der Waals surface area (Å²) >= 11 is 0. The van der Waals surface area contributed by atoms with E-state index in [0.717, 1.165) is 56.5 Å². The molecule has 0 bridgehead atoms. The number of amides is 5. The summed E-state index contributed by atoms with van der Waals surface area (Å²) in [6, 6.07) is 50.1. The maximum Gasteiger partial charge on any atom is 0.433 e. The highest BCUT2D eigenvalue weighted by Crippen LogP contribution is 2.58. The number of aromatic nitrogens is 4. The van der Waals surface area contributed by atoms with Gasteiger partial charge in [-0.1, -0.05) is 91.0 Å². The number of alkyl halides is 6. The van der Waals surface area contributed by atoms with Crippen molar-refractivity contribution in [2.45, 2.75) is 77.6 Å². The highest BCUT2D eigenvalue weighted by atomic mass is 19.4. The average molecular weight is 1520 g/mol. The molecule has 6 atom stereocenters. The van der Waals surface area contributed by atoms with E-state index in [1.165, 1.54) is 17.0 Å². The number of halogens is 6. The first-order chi connectivity index (χ1) is 52.6. The number of hydrogen-bond donors (Lipinski definition) is 7. The molecule has 3 aliphatic rings. The van der Waals surface area contributed by atoms with Gasteiger partial charge in [-0.25, -0.2) is 31.4 Å². The van der Waals surface area contributed by atoms with Gasteiger partial charge in [0.2, 0.25) is 29.5 Å². The number of esters is 1. The Kier molecular flexibility index (Phi) is 24.4. The summed E-state index contributed by atoms with van der Waals surface area (Å²) < 4.78 is 103. The summed E-state index contributed by atoms with van der Waals surface area (Å²) in [5.41, 5.74) is 7.39. The van der Waals surface area contributed by atoms with Gasteiger partial charge in [0.15, 0.2) is 0 Å². The zero-order valence-electron chi connectivity index (χ0n) is 60.5. The highest BCUT2D eigenvalue weighted by molar-refractivity contribution is 5.97. The first-order valence-corrected chi connectivity index (χ1v) is 35.1. The third kappa shape index (κ3) is 18.5. The third-order valence-electron chi connectivity index (χ3n) is 19.8. The number of benzene rings is 6. The Labute approximate surface area is 627 Å². The van der Waals surface area contributed by atoms with Crippen LogP contribution in [0.4, 0.5) is 26.3 Å². The van der Waals surface area contributed by atoms with E-state index in [4.69, 9.17) is 39.6 Å². The predicted molar refractivity (Wildman–Crippen MR) is 390 cm³/mol. The molecule has 3 fully saturated rings. The molecule has 23 nitrogen and oxygen atoms in total. The van der Waals surface area contributed by atoms with Crippen molar-refractivity contribution in [1.29, 1.82) is 0 Å². The molecule has 110 heavy (non-hydrogen) atoms. The lowest BCUT2D eigenvalue weighted by Crippen LogP contribution is -2.40. The molecule has 574 valence electrons. The Morgan fingerprint density at radius 2 is 0.891 bits per heavy atom. The van der Waals surface area contributed by atoms with Gasteiger partial charge in [0.05, 0.1) is 62.8 Å². The van der Waals surface area contributed by atoms with Gasteiger partial charge < -0.3 is 34.1 Å². The number of nitrogens with one attached hydrogen (secondary N) is 4.